The highest BCUT2D eigenvalue weighted by Gasteiger charge is 2.37. The number of anilines is 1. The number of amides is 2. The second kappa shape index (κ2) is 6.33. The number of benzene rings is 1. The lowest BCUT2D eigenvalue weighted by atomic mass is 10.1. The molecule has 1 aliphatic rings. The van der Waals surface area contributed by atoms with Gasteiger partial charge in [-0.25, -0.2) is 0 Å². The van der Waals surface area contributed by atoms with Crippen LogP contribution >= 0.6 is 0 Å². The standard InChI is InChI=1S/C14H18N2O3/c1-19-10-8-15-13(17)12-7-9-16(14(12)18)11-5-3-2-4-6-11/h2-6,12H,7-10H2,1H3,(H,15,17). The van der Waals surface area contributed by atoms with Crippen molar-refractivity contribution < 1.29 is 14.3 Å². The van der Waals surface area contributed by atoms with Gasteiger partial charge < -0.3 is 15.0 Å². The normalized spacial score (nSPS) is 18.7. The number of hydrogen-bond acceptors (Lipinski definition) is 3. The van der Waals surface area contributed by atoms with Crippen molar-refractivity contribution >= 4 is 17.5 Å². The molecule has 2 amide bonds. The van der Waals surface area contributed by atoms with Gasteiger partial charge in [0.05, 0.1) is 6.61 Å². The van der Waals surface area contributed by atoms with E-state index in [4.69, 9.17) is 4.74 Å². The van der Waals surface area contributed by atoms with Crippen molar-refractivity contribution in [3.8, 4) is 0 Å². The van der Waals surface area contributed by atoms with E-state index in [9.17, 15) is 9.59 Å². The number of para-hydroxylation sites is 1. The summed E-state index contributed by atoms with van der Waals surface area (Å²) in [7, 11) is 1.57. The van der Waals surface area contributed by atoms with Crippen molar-refractivity contribution in [1.29, 1.82) is 0 Å². The number of ether oxygens (including phenoxy) is 1. The minimum Gasteiger partial charge on any atom is -0.383 e. The Labute approximate surface area is 112 Å². The lowest BCUT2D eigenvalue weighted by Crippen LogP contribution is -2.38. The van der Waals surface area contributed by atoms with Crippen LogP contribution in [0, 0.1) is 5.92 Å². The number of rotatable bonds is 5. The second-order valence-corrected chi connectivity index (χ2v) is 4.45. The summed E-state index contributed by atoms with van der Waals surface area (Å²) in [5, 5.41) is 2.72. The quantitative estimate of drug-likeness (QED) is 0.631. The van der Waals surface area contributed by atoms with Crippen molar-refractivity contribution in [2.75, 3.05) is 31.7 Å². The molecule has 0 aliphatic carbocycles. The van der Waals surface area contributed by atoms with Gasteiger partial charge in [0.25, 0.3) is 0 Å². The van der Waals surface area contributed by atoms with Gasteiger partial charge in [-0.05, 0) is 18.6 Å². The Morgan fingerprint density at radius 3 is 2.84 bits per heavy atom. The summed E-state index contributed by atoms with van der Waals surface area (Å²) in [4.78, 5) is 25.8. The van der Waals surface area contributed by atoms with Crippen LogP contribution in [0.2, 0.25) is 0 Å². The third-order valence-electron chi connectivity index (χ3n) is 3.20. The molecule has 2 rings (SSSR count). The Balaban J connectivity index is 1.96. The lowest BCUT2D eigenvalue weighted by molar-refractivity contribution is -0.132. The van der Waals surface area contributed by atoms with Crippen LogP contribution in [0.1, 0.15) is 6.42 Å². The number of nitrogens with zero attached hydrogens (tertiary/aromatic N) is 1. The fraction of sp³-hybridized carbons (Fsp3) is 0.429. The highest BCUT2D eigenvalue weighted by atomic mass is 16.5. The third-order valence-corrected chi connectivity index (χ3v) is 3.20. The van der Waals surface area contributed by atoms with E-state index in [0.29, 0.717) is 26.1 Å². The van der Waals surface area contributed by atoms with Gasteiger partial charge in [-0.15, -0.1) is 0 Å². The van der Waals surface area contributed by atoms with Crippen LogP contribution in [0.25, 0.3) is 0 Å². The molecule has 5 heteroatoms. The smallest absolute Gasteiger partial charge is 0.239 e. The van der Waals surface area contributed by atoms with Crippen molar-refractivity contribution in [1.82, 2.24) is 5.32 Å². The molecule has 1 atom stereocenters. The molecule has 0 radical (unpaired) electrons. The van der Waals surface area contributed by atoms with Crippen LogP contribution in [-0.4, -0.2) is 38.6 Å². The maximum atomic E-state index is 12.2. The fourth-order valence-corrected chi connectivity index (χ4v) is 2.19. The van der Waals surface area contributed by atoms with Crippen LogP contribution in [-0.2, 0) is 14.3 Å². The van der Waals surface area contributed by atoms with Gasteiger partial charge in [0.1, 0.15) is 5.92 Å². The maximum Gasteiger partial charge on any atom is 0.239 e. The summed E-state index contributed by atoms with van der Waals surface area (Å²) in [6.07, 6.45) is 0.562. The highest BCUT2D eigenvalue weighted by molar-refractivity contribution is 6.09. The zero-order valence-electron chi connectivity index (χ0n) is 11.0. The molecule has 1 aromatic rings. The van der Waals surface area contributed by atoms with Crippen molar-refractivity contribution in [2.24, 2.45) is 5.92 Å². The molecule has 1 N–H and O–H groups in total. The van der Waals surface area contributed by atoms with Crippen LogP contribution in [0.5, 0.6) is 0 Å². The van der Waals surface area contributed by atoms with Gasteiger partial charge in [0.15, 0.2) is 0 Å². The molecule has 0 aromatic heterocycles. The van der Waals surface area contributed by atoms with Crippen molar-refractivity contribution in [2.45, 2.75) is 6.42 Å². The van der Waals surface area contributed by atoms with Gasteiger partial charge in [-0.1, -0.05) is 18.2 Å². The van der Waals surface area contributed by atoms with Gasteiger partial charge in [-0.2, -0.15) is 0 Å². The van der Waals surface area contributed by atoms with E-state index in [1.165, 1.54) is 0 Å². The first-order chi connectivity index (χ1) is 9.24. The zero-order valence-corrected chi connectivity index (χ0v) is 11.0. The minimum atomic E-state index is -0.572. The van der Waals surface area contributed by atoms with E-state index in [1.807, 2.05) is 30.3 Å². The first-order valence-corrected chi connectivity index (χ1v) is 6.37. The summed E-state index contributed by atoms with van der Waals surface area (Å²) >= 11 is 0. The zero-order chi connectivity index (χ0) is 13.7. The molecule has 102 valence electrons. The third kappa shape index (κ3) is 3.12. The Kier molecular flexibility index (Phi) is 4.52. The van der Waals surface area contributed by atoms with Crippen LogP contribution in [0.15, 0.2) is 30.3 Å². The molecule has 1 unspecified atom stereocenters. The average Bonchev–Trinajstić information content (AvgIpc) is 2.82. The molecule has 1 aliphatic heterocycles. The van der Waals surface area contributed by atoms with Crippen LogP contribution in [0.3, 0.4) is 0 Å². The molecule has 1 saturated heterocycles. The van der Waals surface area contributed by atoms with E-state index in [-0.39, 0.29) is 11.8 Å². The van der Waals surface area contributed by atoms with Gasteiger partial charge in [0.2, 0.25) is 11.8 Å². The number of nitrogens with one attached hydrogen (secondary N) is 1. The molecule has 1 aromatic carbocycles. The maximum absolute atomic E-state index is 12.2. The Morgan fingerprint density at radius 2 is 2.16 bits per heavy atom. The number of carbonyl (C=O) groups is 2. The molecule has 0 bridgehead atoms. The van der Waals surface area contributed by atoms with Gasteiger partial charge in [-0.3, -0.25) is 9.59 Å². The second-order valence-electron chi connectivity index (χ2n) is 4.45. The SMILES string of the molecule is COCCNC(=O)C1CCN(c2ccccc2)C1=O. The molecular weight excluding hydrogens is 244 g/mol. The highest BCUT2D eigenvalue weighted by Crippen LogP contribution is 2.24. The fourth-order valence-electron chi connectivity index (χ4n) is 2.19. The van der Waals surface area contributed by atoms with E-state index in [0.717, 1.165) is 5.69 Å². The summed E-state index contributed by atoms with van der Waals surface area (Å²) in [6.45, 7) is 1.48. The summed E-state index contributed by atoms with van der Waals surface area (Å²) in [5.41, 5.74) is 0.847. The first kappa shape index (κ1) is 13.5. The van der Waals surface area contributed by atoms with Crippen LogP contribution in [0.4, 0.5) is 5.69 Å². The summed E-state index contributed by atoms with van der Waals surface area (Å²) < 4.78 is 4.86. The van der Waals surface area contributed by atoms with Gasteiger partial charge in [0, 0.05) is 25.9 Å². The number of hydrogen-bond donors (Lipinski definition) is 1. The van der Waals surface area contributed by atoms with E-state index >= 15 is 0 Å². The Bertz CT molecular complexity index is 447. The average molecular weight is 262 g/mol. The minimum absolute atomic E-state index is 0.124. The molecule has 0 spiro atoms. The lowest BCUT2D eigenvalue weighted by Gasteiger charge is -2.16. The molecule has 1 heterocycles. The van der Waals surface area contributed by atoms with Crippen molar-refractivity contribution in [3.05, 3.63) is 30.3 Å². The van der Waals surface area contributed by atoms with Gasteiger partial charge >= 0.3 is 0 Å². The monoisotopic (exact) mass is 262 g/mol. The van der Waals surface area contributed by atoms with E-state index in [1.54, 1.807) is 12.0 Å². The molecule has 5 nitrogen and oxygen atoms in total. The largest absolute Gasteiger partial charge is 0.383 e. The number of carbonyl (C=O) groups excluding carboxylic acids is 2. The van der Waals surface area contributed by atoms with E-state index in [2.05, 4.69) is 5.32 Å². The topological polar surface area (TPSA) is 58.6 Å². The molecular formula is C14H18N2O3. The predicted octanol–water partition coefficient (Wildman–Crippen LogP) is 0.802. The molecule has 1 fully saturated rings. The summed E-state index contributed by atoms with van der Waals surface area (Å²) in [5.74, 6) is -0.904. The van der Waals surface area contributed by atoms with Crippen molar-refractivity contribution in [3.63, 3.8) is 0 Å². The first-order valence-electron chi connectivity index (χ1n) is 6.37. The molecule has 19 heavy (non-hydrogen) atoms. The molecule has 0 saturated carbocycles. The predicted molar refractivity (Wildman–Crippen MR) is 71.8 cm³/mol. The Hall–Kier alpha value is -1.88. The van der Waals surface area contributed by atoms with E-state index < -0.39 is 5.92 Å². The number of methoxy groups -OCH3 is 1. The summed E-state index contributed by atoms with van der Waals surface area (Å²) in [6, 6.07) is 9.42. The Morgan fingerprint density at radius 1 is 1.42 bits per heavy atom. The van der Waals surface area contributed by atoms with Crippen LogP contribution < -0.4 is 10.2 Å².